The Balaban J connectivity index is 1.53. The number of methoxy groups -OCH3 is 1. The minimum absolute atomic E-state index is 0.0260. The third kappa shape index (κ3) is 6.10. The van der Waals surface area contributed by atoms with E-state index in [0.717, 1.165) is 23.3 Å². The number of carbonyl (C=O) groups excluding carboxylic acids is 2. The monoisotopic (exact) mass is 492 g/mol. The zero-order valence-corrected chi connectivity index (χ0v) is 21.1. The summed E-state index contributed by atoms with van der Waals surface area (Å²) in [5.41, 5.74) is 2.67. The maximum Gasteiger partial charge on any atom is 0.254 e. The zero-order chi connectivity index (χ0) is 24.6. The quantitative estimate of drug-likeness (QED) is 0.384. The molecule has 0 saturated heterocycles. The molecule has 184 valence electrons. The molecule has 1 aliphatic rings. The SMILES string of the molecule is COCCCN(CC(=O)N1CCc2sccc2[C@H]1COc1ccccc1)C(=O)c1ccccc1C. The largest absolute Gasteiger partial charge is 0.491 e. The zero-order valence-electron chi connectivity index (χ0n) is 20.3. The molecule has 2 amide bonds. The number of hydrogen-bond acceptors (Lipinski definition) is 5. The molecule has 2 heterocycles. The predicted molar refractivity (Wildman–Crippen MR) is 138 cm³/mol. The second-order valence-corrected chi connectivity index (χ2v) is 9.66. The smallest absolute Gasteiger partial charge is 0.254 e. The van der Waals surface area contributed by atoms with Crippen molar-refractivity contribution in [3.63, 3.8) is 0 Å². The summed E-state index contributed by atoms with van der Waals surface area (Å²) < 4.78 is 11.3. The van der Waals surface area contributed by atoms with Gasteiger partial charge in [0.05, 0.1) is 6.04 Å². The first kappa shape index (κ1) is 24.9. The molecule has 0 saturated carbocycles. The Hall–Kier alpha value is -3.16. The lowest BCUT2D eigenvalue weighted by molar-refractivity contribution is -0.135. The second-order valence-electron chi connectivity index (χ2n) is 8.66. The Morgan fingerprint density at radius 2 is 1.86 bits per heavy atom. The normalized spacial score (nSPS) is 14.9. The van der Waals surface area contributed by atoms with Gasteiger partial charge in [-0.25, -0.2) is 0 Å². The van der Waals surface area contributed by atoms with Crippen LogP contribution < -0.4 is 4.74 Å². The minimum atomic E-state index is -0.188. The summed E-state index contributed by atoms with van der Waals surface area (Å²) in [5.74, 6) is 0.582. The molecular formula is C28H32N2O4S. The van der Waals surface area contributed by atoms with Gasteiger partial charge in [-0.2, -0.15) is 0 Å². The van der Waals surface area contributed by atoms with E-state index in [4.69, 9.17) is 9.47 Å². The van der Waals surface area contributed by atoms with E-state index in [2.05, 4.69) is 11.4 Å². The molecule has 7 heteroatoms. The lowest BCUT2D eigenvalue weighted by Crippen LogP contribution is -2.48. The number of thiophene rings is 1. The number of hydrogen-bond donors (Lipinski definition) is 0. The molecule has 0 fully saturated rings. The molecule has 0 unspecified atom stereocenters. The van der Waals surface area contributed by atoms with Crippen molar-refractivity contribution >= 4 is 23.2 Å². The van der Waals surface area contributed by atoms with Gasteiger partial charge in [0.25, 0.3) is 5.91 Å². The van der Waals surface area contributed by atoms with Gasteiger partial charge < -0.3 is 19.3 Å². The molecular weight excluding hydrogens is 460 g/mol. The first-order chi connectivity index (χ1) is 17.1. The van der Waals surface area contributed by atoms with Crippen molar-refractivity contribution in [1.29, 1.82) is 0 Å². The van der Waals surface area contributed by atoms with Crippen molar-refractivity contribution < 1.29 is 19.1 Å². The first-order valence-corrected chi connectivity index (χ1v) is 12.8. The summed E-state index contributed by atoms with van der Waals surface area (Å²) in [6, 6.07) is 19.1. The predicted octanol–water partition coefficient (Wildman–Crippen LogP) is 4.74. The number of aryl methyl sites for hydroxylation is 1. The van der Waals surface area contributed by atoms with Gasteiger partial charge in [-0.3, -0.25) is 9.59 Å². The summed E-state index contributed by atoms with van der Waals surface area (Å²) >= 11 is 1.72. The lowest BCUT2D eigenvalue weighted by Gasteiger charge is -2.37. The summed E-state index contributed by atoms with van der Waals surface area (Å²) in [5, 5.41) is 2.08. The average molecular weight is 493 g/mol. The number of carbonyl (C=O) groups is 2. The molecule has 0 aliphatic carbocycles. The summed E-state index contributed by atoms with van der Waals surface area (Å²) in [4.78, 5) is 31.9. The number of para-hydroxylation sites is 1. The second kappa shape index (κ2) is 12.0. The third-order valence-electron chi connectivity index (χ3n) is 6.33. The van der Waals surface area contributed by atoms with E-state index in [9.17, 15) is 9.59 Å². The third-order valence-corrected chi connectivity index (χ3v) is 7.33. The Morgan fingerprint density at radius 1 is 1.09 bits per heavy atom. The number of nitrogens with zero attached hydrogens (tertiary/aromatic N) is 2. The highest BCUT2D eigenvalue weighted by Crippen LogP contribution is 2.34. The van der Waals surface area contributed by atoms with Crippen molar-refractivity contribution in [2.24, 2.45) is 0 Å². The van der Waals surface area contributed by atoms with E-state index >= 15 is 0 Å². The van der Waals surface area contributed by atoms with Gasteiger partial charge in [0.2, 0.25) is 5.91 Å². The van der Waals surface area contributed by atoms with E-state index in [0.29, 0.717) is 38.3 Å². The Kier molecular flexibility index (Phi) is 8.55. The van der Waals surface area contributed by atoms with Gasteiger partial charge in [0.1, 0.15) is 18.9 Å². The molecule has 0 bridgehead atoms. The highest BCUT2D eigenvalue weighted by atomic mass is 32.1. The van der Waals surface area contributed by atoms with Crippen LogP contribution in [0.25, 0.3) is 0 Å². The van der Waals surface area contributed by atoms with E-state index in [1.807, 2.05) is 66.4 Å². The molecule has 2 aromatic carbocycles. The molecule has 4 rings (SSSR count). The van der Waals surface area contributed by atoms with E-state index in [-0.39, 0.29) is 24.4 Å². The van der Waals surface area contributed by atoms with E-state index in [1.165, 1.54) is 4.88 Å². The van der Waals surface area contributed by atoms with Crippen LogP contribution in [0.1, 0.15) is 38.8 Å². The van der Waals surface area contributed by atoms with E-state index in [1.54, 1.807) is 23.3 Å². The van der Waals surface area contributed by atoms with Crippen molar-refractivity contribution in [3.05, 3.63) is 87.6 Å². The maximum absolute atomic E-state index is 13.7. The Bertz CT molecular complexity index is 1130. The molecule has 3 aromatic rings. The molecule has 35 heavy (non-hydrogen) atoms. The van der Waals surface area contributed by atoms with Gasteiger partial charge in [-0.15, -0.1) is 11.3 Å². The van der Waals surface area contributed by atoms with Gasteiger partial charge in [-0.1, -0.05) is 36.4 Å². The fourth-order valence-corrected chi connectivity index (χ4v) is 5.38. The highest BCUT2D eigenvalue weighted by Gasteiger charge is 2.33. The number of ether oxygens (including phenoxy) is 2. The van der Waals surface area contributed by atoms with Crippen molar-refractivity contribution in [2.45, 2.75) is 25.8 Å². The minimum Gasteiger partial charge on any atom is -0.491 e. The summed E-state index contributed by atoms with van der Waals surface area (Å²) in [6.07, 6.45) is 1.48. The van der Waals surface area contributed by atoms with Crippen LogP contribution in [0, 0.1) is 6.92 Å². The molecule has 1 aromatic heterocycles. The van der Waals surface area contributed by atoms with Crippen molar-refractivity contribution in [1.82, 2.24) is 9.80 Å². The molecule has 0 radical (unpaired) electrons. The fraction of sp³-hybridized carbons (Fsp3) is 0.357. The van der Waals surface area contributed by atoms with Crippen molar-refractivity contribution in [2.75, 3.05) is 40.0 Å². The van der Waals surface area contributed by atoms with Crippen LogP contribution in [0.5, 0.6) is 5.75 Å². The fourth-order valence-electron chi connectivity index (χ4n) is 4.46. The summed E-state index contributed by atoms with van der Waals surface area (Å²) in [6.45, 7) is 3.91. The molecule has 0 spiro atoms. The summed E-state index contributed by atoms with van der Waals surface area (Å²) in [7, 11) is 1.64. The average Bonchev–Trinajstić information content (AvgIpc) is 3.36. The van der Waals surface area contributed by atoms with Gasteiger partial charge in [0, 0.05) is 37.2 Å². The van der Waals surface area contributed by atoms with Crippen LogP contribution >= 0.6 is 11.3 Å². The maximum atomic E-state index is 13.7. The molecule has 6 nitrogen and oxygen atoms in total. The Labute approximate surface area is 211 Å². The highest BCUT2D eigenvalue weighted by molar-refractivity contribution is 7.10. The molecule has 0 N–H and O–H groups in total. The number of benzene rings is 2. The van der Waals surface area contributed by atoms with E-state index < -0.39 is 0 Å². The van der Waals surface area contributed by atoms with Gasteiger partial charge in [-0.05, 0) is 60.5 Å². The Morgan fingerprint density at radius 3 is 2.63 bits per heavy atom. The van der Waals surface area contributed by atoms with Crippen LogP contribution in [-0.4, -0.2) is 61.6 Å². The van der Waals surface area contributed by atoms with Crippen LogP contribution in [0.3, 0.4) is 0 Å². The standard InChI is InChI=1S/C28H32N2O4S/c1-21-9-6-7-12-23(21)28(32)29(15-8-17-33-2)19-27(31)30-16-13-26-24(14-18-35-26)25(30)20-34-22-10-4-3-5-11-22/h3-7,9-12,14,18,25H,8,13,15-17,19-20H2,1-2H3/t25-/m1/s1. The lowest BCUT2D eigenvalue weighted by atomic mass is 10.00. The topological polar surface area (TPSA) is 59.1 Å². The molecule has 1 aliphatic heterocycles. The van der Waals surface area contributed by atoms with Gasteiger partial charge in [0.15, 0.2) is 0 Å². The van der Waals surface area contributed by atoms with Crippen LogP contribution in [-0.2, 0) is 16.0 Å². The number of rotatable bonds is 10. The van der Waals surface area contributed by atoms with Crippen LogP contribution in [0.15, 0.2) is 66.0 Å². The van der Waals surface area contributed by atoms with Crippen molar-refractivity contribution in [3.8, 4) is 5.75 Å². The first-order valence-electron chi connectivity index (χ1n) is 12.0. The van der Waals surface area contributed by atoms with Crippen LogP contribution in [0.2, 0.25) is 0 Å². The number of amides is 2. The van der Waals surface area contributed by atoms with Gasteiger partial charge >= 0.3 is 0 Å². The van der Waals surface area contributed by atoms with Crippen LogP contribution in [0.4, 0.5) is 0 Å². The molecule has 1 atom stereocenters. The number of fused-ring (bicyclic) bond motifs is 1.